The van der Waals surface area contributed by atoms with Crippen LogP contribution in [0.1, 0.15) is 47.7 Å². The molecule has 1 aromatic carbocycles. The first-order valence-electron chi connectivity index (χ1n) is 8.51. The number of nitrogens with one attached hydrogen (secondary N) is 1. The zero-order valence-corrected chi connectivity index (χ0v) is 16.3. The Hall–Kier alpha value is -2.92. The number of hydrogen-bond donors (Lipinski definition) is 1. The van der Waals surface area contributed by atoms with E-state index in [-0.39, 0.29) is 18.0 Å². The number of Topliss-reactive ketones (excluding diaryl/α,β-unsaturated/α-hetero) is 1. The summed E-state index contributed by atoms with van der Waals surface area (Å²) in [5.74, 6) is -2.46. The summed E-state index contributed by atoms with van der Waals surface area (Å²) < 4.78 is 38.3. The number of rotatable bonds is 6. The lowest BCUT2D eigenvalue weighted by Crippen LogP contribution is -2.29. The van der Waals surface area contributed by atoms with Gasteiger partial charge in [0.2, 0.25) is 5.91 Å². The van der Waals surface area contributed by atoms with Gasteiger partial charge in [0.15, 0.2) is 5.78 Å². The number of hydrogen-bond acceptors (Lipinski definition) is 4. The lowest BCUT2D eigenvalue weighted by molar-refractivity contribution is -0.137. The fourth-order valence-electron chi connectivity index (χ4n) is 2.72. The number of pyridine rings is 1. The Kier molecular flexibility index (Phi) is 6.98. The molecule has 2 atom stereocenters. The molecule has 1 amide bonds. The minimum atomic E-state index is -4.65. The second kappa shape index (κ2) is 9.05. The predicted octanol–water partition coefficient (Wildman–Crippen LogP) is 4.51. The van der Waals surface area contributed by atoms with Crippen LogP contribution >= 0.6 is 11.6 Å². The van der Waals surface area contributed by atoms with Crippen LogP contribution in [0.2, 0.25) is 5.02 Å². The van der Waals surface area contributed by atoms with Crippen molar-refractivity contribution in [3.05, 3.63) is 63.9 Å². The monoisotopic (exact) mass is 423 g/mol. The van der Waals surface area contributed by atoms with Crippen molar-refractivity contribution in [2.45, 2.75) is 38.4 Å². The van der Waals surface area contributed by atoms with E-state index in [9.17, 15) is 28.0 Å². The summed E-state index contributed by atoms with van der Waals surface area (Å²) >= 11 is 5.87. The van der Waals surface area contributed by atoms with Crippen molar-refractivity contribution in [3.63, 3.8) is 0 Å². The van der Waals surface area contributed by atoms with Crippen LogP contribution in [0, 0.1) is 18.3 Å². The van der Waals surface area contributed by atoms with Crippen LogP contribution < -0.4 is 5.32 Å². The third-order valence-electron chi connectivity index (χ3n) is 4.18. The fourth-order valence-corrected chi connectivity index (χ4v) is 2.99. The van der Waals surface area contributed by atoms with Gasteiger partial charge in [-0.2, -0.15) is 18.4 Å². The molecule has 2 aromatic rings. The topological polar surface area (TPSA) is 82.9 Å². The largest absolute Gasteiger partial charge is 0.417 e. The average molecular weight is 424 g/mol. The fraction of sp³-hybridized carbons (Fsp3) is 0.300. The number of ketones is 1. The van der Waals surface area contributed by atoms with E-state index in [1.807, 2.05) is 19.1 Å². The molecular formula is C20H17ClF3N3O2. The van der Waals surface area contributed by atoms with Gasteiger partial charge in [0, 0.05) is 19.5 Å². The minimum absolute atomic E-state index is 0.250. The van der Waals surface area contributed by atoms with Crippen LogP contribution in [0.4, 0.5) is 13.2 Å². The summed E-state index contributed by atoms with van der Waals surface area (Å²) in [7, 11) is 0. The van der Waals surface area contributed by atoms with Gasteiger partial charge in [-0.1, -0.05) is 41.4 Å². The maximum absolute atomic E-state index is 12.8. The van der Waals surface area contributed by atoms with E-state index < -0.39 is 34.5 Å². The Morgan fingerprint density at radius 3 is 2.38 bits per heavy atom. The number of nitrogens with zero attached hydrogens (tertiary/aromatic N) is 2. The smallest absolute Gasteiger partial charge is 0.349 e. The van der Waals surface area contributed by atoms with Gasteiger partial charge in [0.05, 0.1) is 28.4 Å². The number of aromatic nitrogens is 1. The summed E-state index contributed by atoms with van der Waals surface area (Å²) in [6.45, 7) is 3.17. The van der Waals surface area contributed by atoms with E-state index >= 15 is 0 Å². The van der Waals surface area contributed by atoms with Crippen LogP contribution in [-0.4, -0.2) is 16.7 Å². The molecule has 0 fully saturated rings. The number of nitriles is 1. The SMILES string of the molecule is CC(=O)NC(CC(=O)C(C#N)c1ncc(C(F)(F)F)cc1Cl)c1ccc(C)cc1. The highest BCUT2D eigenvalue weighted by Crippen LogP contribution is 2.33. The molecule has 0 aliphatic heterocycles. The maximum Gasteiger partial charge on any atom is 0.417 e. The Labute approximate surface area is 170 Å². The summed E-state index contributed by atoms with van der Waals surface area (Å²) in [5, 5.41) is 11.7. The molecule has 0 aliphatic rings. The Morgan fingerprint density at radius 1 is 1.28 bits per heavy atom. The highest BCUT2D eigenvalue weighted by Gasteiger charge is 2.33. The Balaban J connectivity index is 2.30. The van der Waals surface area contributed by atoms with Gasteiger partial charge in [-0.25, -0.2) is 0 Å². The maximum atomic E-state index is 12.8. The van der Waals surface area contributed by atoms with E-state index in [4.69, 9.17) is 11.6 Å². The third kappa shape index (κ3) is 5.78. The van der Waals surface area contributed by atoms with E-state index in [0.29, 0.717) is 17.8 Å². The normalized spacial score (nSPS) is 13.3. The predicted molar refractivity (Wildman–Crippen MR) is 100.0 cm³/mol. The third-order valence-corrected chi connectivity index (χ3v) is 4.49. The number of carbonyl (C=O) groups is 2. The second-order valence-electron chi connectivity index (χ2n) is 6.49. The van der Waals surface area contributed by atoms with Crippen molar-refractivity contribution in [1.82, 2.24) is 10.3 Å². The number of amides is 1. The number of aryl methyl sites for hydroxylation is 1. The molecule has 1 N–H and O–H groups in total. The second-order valence-corrected chi connectivity index (χ2v) is 6.89. The molecule has 2 rings (SSSR count). The van der Waals surface area contributed by atoms with Gasteiger partial charge in [-0.05, 0) is 18.6 Å². The number of alkyl halides is 3. The standard InChI is InChI=1S/C20H17ClF3N3O2/c1-11-3-5-13(6-4-11)17(27-12(2)28)8-18(29)15(9-25)19-16(21)7-14(10-26-19)20(22,23)24/h3-7,10,15,17H,8H2,1-2H3,(H,27,28). The molecule has 5 nitrogen and oxygen atoms in total. The van der Waals surface area contributed by atoms with Gasteiger partial charge >= 0.3 is 6.18 Å². The van der Waals surface area contributed by atoms with E-state index in [1.165, 1.54) is 6.92 Å². The van der Waals surface area contributed by atoms with Crippen molar-refractivity contribution in [2.75, 3.05) is 0 Å². The van der Waals surface area contributed by atoms with Crippen LogP contribution in [0.5, 0.6) is 0 Å². The molecular weight excluding hydrogens is 407 g/mol. The van der Waals surface area contributed by atoms with Crippen molar-refractivity contribution < 1.29 is 22.8 Å². The van der Waals surface area contributed by atoms with Crippen LogP contribution in [0.25, 0.3) is 0 Å². The zero-order valence-electron chi connectivity index (χ0n) is 15.5. The van der Waals surface area contributed by atoms with Crippen LogP contribution in [0.15, 0.2) is 36.5 Å². The number of carbonyl (C=O) groups excluding carboxylic acids is 2. The molecule has 29 heavy (non-hydrogen) atoms. The van der Waals surface area contributed by atoms with E-state index in [1.54, 1.807) is 18.2 Å². The summed E-state index contributed by atoms with van der Waals surface area (Å²) in [4.78, 5) is 27.9. The molecule has 152 valence electrons. The minimum Gasteiger partial charge on any atom is -0.349 e. The van der Waals surface area contributed by atoms with E-state index in [0.717, 1.165) is 5.56 Å². The molecule has 1 heterocycles. The van der Waals surface area contributed by atoms with Crippen molar-refractivity contribution in [1.29, 1.82) is 5.26 Å². The van der Waals surface area contributed by atoms with Gasteiger partial charge in [0.1, 0.15) is 5.92 Å². The quantitative estimate of drug-likeness (QED) is 0.741. The summed E-state index contributed by atoms with van der Waals surface area (Å²) in [6.07, 6.45) is -4.37. The number of halogens is 4. The molecule has 1 aromatic heterocycles. The van der Waals surface area contributed by atoms with Crippen molar-refractivity contribution in [2.24, 2.45) is 0 Å². The van der Waals surface area contributed by atoms with Crippen LogP contribution in [-0.2, 0) is 15.8 Å². The lowest BCUT2D eigenvalue weighted by atomic mass is 9.92. The Morgan fingerprint density at radius 2 is 1.90 bits per heavy atom. The van der Waals surface area contributed by atoms with Gasteiger partial charge < -0.3 is 5.32 Å². The van der Waals surface area contributed by atoms with Gasteiger partial charge in [-0.3, -0.25) is 14.6 Å². The van der Waals surface area contributed by atoms with Gasteiger partial charge in [-0.15, -0.1) is 0 Å². The Bertz CT molecular complexity index is 953. The van der Waals surface area contributed by atoms with Crippen molar-refractivity contribution in [3.8, 4) is 6.07 Å². The molecule has 0 bridgehead atoms. The first-order valence-corrected chi connectivity index (χ1v) is 8.89. The zero-order chi connectivity index (χ0) is 21.8. The summed E-state index contributed by atoms with van der Waals surface area (Å²) in [6, 6.07) is 8.78. The molecule has 0 saturated heterocycles. The first kappa shape index (κ1) is 22.4. The molecule has 0 aliphatic carbocycles. The lowest BCUT2D eigenvalue weighted by Gasteiger charge is -2.19. The van der Waals surface area contributed by atoms with Gasteiger partial charge in [0.25, 0.3) is 0 Å². The van der Waals surface area contributed by atoms with E-state index in [2.05, 4.69) is 10.3 Å². The summed E-state index contributed by atoms with van der Waals surface area (Å²) in [5.41, 5.74) is 0.309. The number of benzene rings is 1. The highest BCUT2D eigenvalue weighted by atomic mass is 35.5. The molecule has 0 spiro atoms. The first-order chi connectivity index (χ1) is 13.5. The molecule has 0 radical (unpaired) electrons. The molecule has 2 unspecified atom stereocenters. The molecule has 9 heteroatoms. The highest BCUT2D eigenvalue weighted by molar-refractivity contribution is 6.31. The van der Waals surface area contributed by atoms with Crippen molar-refractivity contribution >= 4 is 23.3 Å². The average Bonchev–Trinajstić information content (AvgIpc) is 2.62. The molecule has 0 saturated carbocycles. The van der Waals surface area contributed by atoms with Crippen LogP contribution in [0.3, 0.4) is 0 Å².